The first-order valence-corrected chi connectivity index (χ1v) is 12.0. The highest BCUT2D eigenvalue weighted by Crippen LogP contribution is 2.37. The highest BCUT2D eigenvalue weighted by atomic mass is 32.2. The maximum Gasteiger partial charge on any atom is 0.502 e. The Hall–Kier alpha value is -3.45. The summed E-state index contributed by atoms with van der Waals surface area (Å²) in [6.07, 6.45) is 7.46. The van der Waals surface area contributed by atoms with Crippen LogP contribution >= 0.6 is 0 Å². The molecule has 1 N–H and O–H groups in total. The predicted molar refractivity (Wildman–Crippen MR) is 114 cm³/mol. The van der Waals surface area contributed by atoms with Crippen LogP contribution in [0.2, 0.25) is 0 Å². The first-order chi connectivity index (χ1) is 16.2. The molecule has 0 bridgehead atoms. The first-order valence-electron chi connectivity index (χ1n) is 10.5. The fourth-order valence-corrected chi connectivity index (χ4v) is 5.47. The number of carbonyl (C=O) groups is 2. The Labute approximate surface area is 193 Å². The van der Waals surface area contributed by atoms with Crippen molar-refractivity contribution in [2.45, 2.75) is 43.6 Å². The molecular formula is C21H21FN5O6S+. The molecule has 1 aliphatic heterocycles. The molecule has 1 atom stereocenters. The lowest BCUT2D eigenvalue weighted by Gasteiger charge is -2.26. The van der Waals surface area contributed by atoms with Gasteiger partial charge >= 0.3 is 11.9 Å². The Morgan fingerprint density at radius 3 is 2.76 bits per heavy atom. The van der Waals surface area contributed by atoms with Crippen molar-refractivity contribution in [2.75, 3.05) is 6.67 Å². The van der Waals surface area contributed by atoms with Gasteiger partial charge in [0.05, 0.1) is 11.2 Å². The van der Waals surface area contributed by atoms with Crippen LogP contribution in [0.15, 0.2) is 51.5 Å². The molecule has 1 fully saturated rings. The maximum absolute atomic E-state index is 13.3. The molecule has 0 radical (unpaired) electrons. The van der Waals surface area contributed by atoms with Crippen LogP contribution in [0, 0.1) is 6.92 Å². The molecule has 1 unspecified atom stereocenters. The number of aryl methyl sites for hydroxylation is 1. The van der Waals surface area contributed by atoms with E-state index in [2.05, 4.69) is 14.9 Å². The Bertz CT molecular complexity index is 1350. The normalized spacial score (nSPS) is 21.6. The van der Waals surface area contributed by atoms with E-state index in [9.17, 15) is 22.4 Å². The molecule has 11 nitrogen and oxygen atoms in total. The second kappa shape index (κ2) is 8.09. The number of sulfonamides is 1. The number of fused-ring (bicyclic) bond motifs is 1. The third-order valence-electron chi connectivity index (χ3n) is 5.90. The van der Waals surface area contributed by atoms with E-state index in [1.54, 1.807) is 13.0 Å². The van der Waals surface area contributed by atoms with Crippen molar-refractivity contribution in [1.82, 2.24) is 19.8 Å². The van der Waals surface area contributed by atoms with E-state index in [0.29, 0.717) is 30.0 Å². The van der Waals surface area contributed by atoms with Crippen LogP contribution in [-0.4, -0.2) is 63.1 Å². The monoisotopic (exact) mass is 490 g/mol. The molecule has 2 aromatic rings. The van der Waals surface area contributed by atoms with Crippen molar-refractivity contribution in [2.24, 2.45) is 0 Å². The quantitative estimate of drug-likeness (QED) is 0.548. The smallest absolute Gasteiger partial charge is 0.451 e. The Balaban J connectivity index is 1.53. The second-order valence-electron chi connectivity index (χ2n) is 8.52. The summed E-state index contributed by atoms with van der Waals surface area (Å²) in [6.45, 7) is 0.700. The summed E-state index contributed by atoms with van der Waals surface area (Å²) < 4.78 is 53.0. The highest BCUT2D eigenvalue weighted by molar-refractivity contribution is 7.90. The molecule has 0 spiro atoms. The minimum Gasteiger partial charge on any atom is -0.451 e. The van der Waals surface area contributed by atoms with E-state index >= 15 is 0 Å². The van der Waals surface area contributed by atoms with Gasteiger partial charge in [0, 0.05) is 6.07 Å². The topological polar surface area (TPSA) is 139 Å². The fourth-order valence-electron chi connectivity index (χ4n) is 3.87. The lowest BCUT2D eigenvalue weighted by atomic mass is 9.99. The molecule has 3 heterocycles. The SMILES string of the molecule is Cc1cc(CN2C(=O)C3=CC(S(=O)(=O)NC4(CF)CC4)C=CC3=[N+](Cc3cocn3)C2=O)on1. The van der Waals surface area contributed by atoms with Crippen LogP contribution in [0.3, 0.4) is 0 Å². The largest absolute Gasteiger partial charge is 0.502 e. The van der Waals surface area contributed by atoms with Gasteiger partial charge in [-0.15, -0.1) is 4.90 Å². The Kier molecular flexibility index (Phi) is 5.32. The van der Waals surface area contributed by atoms with E-state index in [4.69, 9.17) is 8.94 Å². The van der Waals surface area contributed by atoms with E-state index in [0.717, 1.165) is 4.90 Å². The van der Waals surface area contributed by atoms with Crippen molar-refractivity contribution >= 4 is 27.7 Å². The van der Waals surface area contributed by atoms with Gasteiger partial charge in [0.1, 0.15) is 41.7 Å². The number of imide groups is 1. The Morgan fingerprint density at radius 1 is 1.35 bits per heavy atom. The van der Waals surface area contributed by atoms with E-state index in [1.165, 1.54) is 35.5 Å². The molecule has 13 heteroatoms. The number of amides is 3. The minimum atomic E-state index is -4.02. The van der Waals surface area contributed by atoms with Crippen molar-refractivity contribution in [3.63, 3.8) is 0 Å². The average Bonchev–Trinajstić information content (AvgIpc) is 3.17. The van der Waals surface area contributed by atoms with Gasteiger partial charge < -0.3 is 8.94 Å². The molecule has 0 saturated heterocycles. The van der Waals surface area contributed by atoms with Crippen LogP contribution in [0.1, 0.15) is 30.0 Å². The molecule has 5 rings (SSSR count). The van der Waals surface area contributed by atoms with Crippen LogP contribution in [0.4, 0.5) is 9.18 Å². The zero-order valence-corrected chi connectivity index (χ0v) is 18.9. The van der Waals surface area contributed by atoms with E-state index < -0.39 is 39.4 Å². The second-order valence-corrected chi connectivity index (χ2v) is 10.4. The van der Waals surface area contributed by atoms with Gasteiger partial charge in [0.2, 0.25) is 10.0 Å². The number of nitrogens with zero attached hydrogens (tertiary/aromatic N) is 4. The third-order valence-corrected chi connectivity index (χ3v) is 7.63. The maximum atomic E-state index is 13.3. The third kappa shape index (κ3) is 4.01. The highest BCUT2D eigenvalue weighted by Gasteiger charge is 2.49. The van der Waals surface area contributed by atoms with Crippen LogP contribution in [0.25, 0.3) is 0 Å². The molecular weight excluding hydrogens is 469 g/mol. The number of alkyl halides is 1. The number of aromatic nitrogens is 2. The van der Waals surface area contributed by atoms with E-state index in [1.807, 2.05) is 0 Å². The molecule has 3 aliphatic rings. The van der Waals surface area contributed by atoms with Crippen molar-refractivity contribution in [3.05, 3.63) is 59.7 Å². The van der Waals surface area contributed by atoms with Crippen molar-refractivity contribution < 1.29 is 35.9 Å². The summed E-state index contributed by atoms with van der Waals surface area (Å²) in [7, 11) is -4.02. The van der Waals surface area contributed by atoms with Crippen molar-refractivity contribution in [3.8, 4) is 0 Å². The molecule has 0 aromatic carbocycles. The van der Waals surface area contributed by atoms with Gasteiger partial charge in [-0.3, -0.25) is 0 Å². The van der Waals surface area contributed by atoms with Gasteiger partial charge in [0.25, 0.3) is 0 Å². The molecule has 34 heavy (non-hydrogen) atoms. The fraction of sp³-hybridized carbons (Fsp3) is 0.381. The van der Waals surface area contributed by atoms with Crippen LogP contribution in [0.5, 0.6) is 0 Å². The summed E-state index contributed by atoms with van der Waals surface area (Å²) in [4.78, 5) is 31.6. The summed E-state index contributed by atoms with van der Waals surface area (Å²) in [6, 6.07) is 0.966. The number of nitrogens with one attached hydrogen (secondary N) is 1. The number of hydrogen-bond acceptors (Lipinski definition) is 8. The lowest BCUT2D eigenvalue weighted by Crippen LogP contribution is -2.51. The number of carbonyl (C=O) groups excluding carboxylic acids is 2. The summed E-state index contributed by atoms with van der Waals surface area (Å²) in [5.74, 6) is -0.387. The molecule has 2 aliphatic carbocycles. The average molecular weight is 490 g/mol. The summed E-state index contributed by atoms with van der Waals surface area (Å²) in [5.41, 5.74) is 0.214. The molecule has 2 aromatic heterocycles. The number of halogens is 1. The zero-order chi connectivity index (χ0) is 24.1. The van der Waals surface area contributed by atoms with Gasteiger partial charge in [-0.2, -0.15) is 9.37 Å². The molecule has 178 valence electrons. The molecule has 1 saturated carbocycles. The lowest BCUT2D eigenvalue weighted by molar-refractivity contribution is -0.454. The van der Waals surface area contributed by atoms with Gasteiger partial charge in [-0.25, -0.2) is 27.3 Å². The van der Waals surface area contributed by atoms with Gasteiger partial charge in [-0.1, -0.05) is 11.2 Å². The number of urea groups is 1. The summed E-state index contributed by atoms with van der Waals surface area (Å²) in [5, 5.41) is 2.56. The predicted octanol–water partition coefficient (Wildman–Crippen LogP) is 1.37. The first kappa shape index (κ1) is 22.3. The number of rotatable bonds is 8. The number of hydrogen-bond donors (Lipinski definition) is 1. The van der Waals surface area contributed by atoms with E-state index in [-0.39, 0.29) is 24.4 Å². The van der Waals surface area contributed by atoms with Gasteiger partial charge in [-0.05, 0) is 31.9 Å². The number of oxazole rings is 1. The standard InChI is InChI=1S/C21H21FN5O6S/c1-13-6-15(33-24-13)9-27-19(28)17-7-16(34(30,31)25-21(11-22)4-5-21)2-3-18(17)26(20(27)29)8-14-10-32-12-23-14/h2-3,6-7,10,12,16,25H,4-5,8-9,11H2,1H3/q+1. The molecule has 3 amide bonds. The minimum absolute atomic E-state index is 0.00775. The van der Waals surface area contributed by atoms with Crippen LogP contribution in [-0.2, 0) is 27.9 Å². The Morgan fingerprint density at radius 2 is 2.15 bits per heavy atom. The summed E-state index contributed by atoms with van der Waals surface area (Å²) >= 11 is 0. The van der Waals surface area contributed by atoms with Crippen LogP contribution < -0.4 is 4.72 Å². The van der Waals surface area contributed by atoms with Gasteiger partial charge in [0.15, 0.2) is 18.7 Å². The van der Waals surface area contributed by atoms with Crippen molar-refractivity contribution in [1.29, 1.82) is 0 Å². The number of allylic oxidation sites excluding steroid dienone is 1. The zero-order valence-electron chi connectivity index (χ0n) is 18.1.